The van der Waals surface area contributed by atoms with Crippen molar-refractivity contribution in [1.29, 1.82) is 0 Å². The maximum atomic E-state index is 15.5. The molecule has 10 rings (SSSR count). The Kier molecular flexibility index (Phi) is 19.7. The molecule has 86 heavy (non-hydrogen) atoms. The summed E-state index contributed by atoms with van der Waals surface area (Å²) < 4.78 is 29.7. The molecule has 7 atom stereocenters. The predicted octanol–water partition coefficient (Wildman–Crippen LogP) is 5.89. The van der Waals surface area contributed by atoms with Gasteiger partial charge in [0.2, 0.25) is 47.3 Å². The van der Waals surface area contributed by atoms with E-state index in [1.165, 1.54) is 64.2 Å². The Morgan fingerprint density at radius 2 is 1.29 bits per heavy atom. The molecule has 5 heterocycles. The smallest absolute Gasteiger partial charge is 0.249 e. The molecule has 4 aliphatic rings. The van der Waals surface area contributed by atoms with Gasteiger partial charge in [0.25, 0.3) is 0 Å². The summed E-state index contributed by atoms with van der Waals surface area (Å²) in [5, 5.41) is 28.0. The van der Waals surface area contributed by atoms with Gasteiger partial charge in [-0.05, 0) is 134 Å². The van der Waals surface area contributed by atoms with Gasteiger partial charge in [0.05, 0.1) is 6.54 Å². The van der Waals surface area contributed by atoms with Crippen LogP contribution in [0.4, 0.5) is 8.78 Å². The van der Waals surface area contributed by atoms with Crippen LogP contribution in [0.1, 0.15) is 98.4 Å². The number of benzene rings is 4. The minimum atomic E-state index is -1.74. The molecule has 3 aliphatic heterocycles. The molecule has 3 fully saturated rings. The van der Waals surface area contributed by atoms with Crippen LogP contribution in [0.15, 0.2) is 97.3 Å². The van der Waals surface area contributed by atoms with Crippen LogP contribution in [-0.4, -0.2) is 146 Å². The highest BCUT2D eigenvalue weighted by Crippen LogP contribution is 2.55. The summed E-state index contributed by atoms with van der Waals surface area (Å²) in [5.74, 6) is -3.41. The third-order valence-electron chi connectivity index (χ3n) is 16.8. The number of carbonyl (C=O) groups is 8. The van der Waals surface area contributed by atoms with Crippen LogP contribution >= 0.6 is 23.5 Å². The number of nitrogens with one attached hydrogen (secondary N) is 8. The van der Waals surface area contributed by atoms with Crippen molar-refractivity contribution in [2.75, 3.05) is 37.7 Å². The van der Waals surface area contributed by atoms with Crippen molar-refractivity contribution < 1.29 is 52.2 Å². The Morgan fingerprint density at radius 1 is 0.628 bits per heavy atom. The number of aromatic hydroxyl groups is 1. The summed E-state index contributed by atoms with van der Waals surface area (Å²) in [4.78, 5) is 124. The minimum Gasteiger partial charge on any atom is -0.508 e. The molecule has 4 aromatic carbocycles. The van der Waals surface area contributed by atoms with Crippen LogP contribution in [-0.2, 0) is 62.7 Å². The molecule has 0 bridgehead atoms. The summed E-state index contributed by atoms with van der Waals surface area (Å²) in [6.07, 6.45) is 7.04. The topological polar surface area (TPSA) is 267 Å². The van der Waals surface area contributed by atoms with E-state index in [4.69, 9.17) is 0 Å². The highest BCUT2D eigenvalue weighted by Gasteiger charge is 2.65. The lowest BCUT2D eigenvalue weighted by atomic mass is 10.0. The lowest BCUT2D eigenvalue weighted by Gasteiger charge is -2.32. The number of aromatic nitrogens is 2. The Labute approximate surface area is 505 Å². The molecule has 2 unspecified atom stereocenters. The normalized spacial score (nSPS) is 25.2. The number of carbonyl (C=O) groups excluding carboxylic acids is 8. The van der Waals surface area contributed by atoms with Crippen molar-refractivity contribution in [2.24, 2.45) is 0 Å². The number of phenolic OH excluding ortho intramolecular Hbond substituents is 1. The van der Waals surface area contributed by atoms with E-state index in [9.17, 15) is 42.7 Å². The number of amides is 8. The SMILES string of the molecule is C[C@@H]1NC(=O)[C@@H]2CCCN2C(=O)C2(C[C@H]2c2c[nH]c3ccc(F)cc23)NC(=O)[C@H](Cc2c[nH]c3ccc(F)cc23)NC(=O)CNC(=O)CCCCCSCc2ccccc2CSCCNC(=O)C2CCCN2C(=O)[C@H](Cc2ccc(O)cc2)NC1=O. The first-order valence-electron chi connectivity index (χ1n) is 29.5. The molecule has 454 valence electrons. The number of fused-ring (bicyclic) bond motifs is 5. The molecule has 23 heteroatoms. The van der Waals surface area contributed by atoms with Gasteiger partial charge in [-0.1, -0.05) is 42.8 Å². The number of hydrogen-bond donors (Lipinski definition) is 9. The minimum absolute atomic E-state index is 0.00262. The van der Waals surface area contributed by atoms with Crippen LogP contribution in [0.3, 0.4) is 0 Å². The van der Waals surface area contributed by atoms with E-state index in [0.29, 0.717) is 76.5 Å². The summed E-state index contributed by atoms with van der Waals surface area (Å²) in [6.45, 7) is 1.73. The third-order valence-corrected chi connectivity index (χ3v) is 18.9. The van der Waals surface area contributed by atoms with Crippen LogP contribution in [0.5, 0.6) is 5.75 Å². The van der Waals surface area contributed by atoms with Crippen molar-refractivity contribution in [1.82, 2.24) is 51.7 Å². The molecule has 8 amide bonds. The number of hydrogen-bond acceptors (Lipinski definition) is 11. The number of thioether (sulfide) groups is 2. The fourth-order valence-corrected chi connectivity index (χ4v) is 14.0. The average Bonchev–Trinajstić information content (AvgIpc) is 1.56. The maximum Gasteiger partial charge on any atom is 0.249 e. The molecule has 6 aromatic rings. The van der Waals surface area contributed by atoms with Gasteiger partial charge >= 0.3 is 0 Å². The van der Waals surface area contributed by atoms with Gasteiger partial charge in [-0.15, -0.1) is 0 Å². The van der Waals surface area contributed by atoms with E-state index in [0.717, 1.165) is 30.1 Å². The Morgan fingerprint density at radius 3 is 2.02 bits per heavy atom. The second kappa shape index (κ2) is 27.6. The lowest BCUT2D eigenvalue weighted by Crippen LogP contribution is -2.60. The Bertz CT molecular complexity index is 3510. The molecule has 0 radical (unpaired) electrons. The second-order valence-corrected chi connectivity index (χ2v) is 25.0. The van der Waals surface area contributed by atoms with Gasteiger partial charge < -0.3 is 56.8 Å². The van der Waals surface area contributed by atoms with E-state index in [-0.39, 0.29) is 62.8 Å². The first-order valence-corrected chi connectivity index (χ1v) is 31.8. The van der Waals surface area contributed by atoms with E-state index in [2.05, 4.69) is 54.0 Å². The van der Waals surface area contributed by atoms with Gasteiger partial charge in [0, 0.05) is 96.3 Å². The fraction of sp³-hybridized carbons (Fsp3) is 0.429. The number of rotatable bonds is 5. The van der Waals surface area contributed by atoms with Crippen molar-refractivity contribution in [3.05, 3.63) is 137 Å². The first kappa shape index (κ1) is 61.2. The molecule has 9 N–H and O–H groups in total. The summed E-state index contributed by atoms with van der Waals surface area (Å²) in [5.41, 5.74) is 3.43. The molecule has 2 aromatic heterocycles. The van der Waals surface area contributed by atoms with Crippen LogP contribution in [0, 0.1) is 11.6 Å². The lowest BCUT2D eigenvalue weighted by molar-refractivity contribution is -0.144. The largest absolute Gasteiger partial charge is 0.508 e. The van der Waals surface area contributed by atoms with Gasteiger partial charge in [-0.2, -0.15) is 23.5 Å². The molecule has 19 nitrogen and oxygen atoms in total. The second-order valence-electron chi connectivity index (χ2n) is 22.7. The highest BCUT2D eigenvalue weighted by atomic mass is 32.2. The number of phenols is 1. The molecule has 1 saturated carbocycles. The van der Waals surface area contributed by atoms with Crippen LogP contribution in [0.2, 0.25) is 0 Å². The van der Waals surface area contributed by atoms with Gasteiger partial charge in [-0.3, -0.25) is 38.4 Å². The van der Waals surface area contributed by atoms with Gasteiger partial charge in [0.15, 0.2) is 0 Å². The highest BCUT2D eigenvalue weighted by molar-refractivity contribution is 7.98. The zero-order valence-corrected chi connectivity index (χ0v) is 49.4. The Hall–Kier alpha value is -7.92. The summed E-state index contributed by atoms with van der Waals surface area (Å²) >= 11 is 3.49. The van der Waals surface area contributed by atoms with Crippen molar-refractivity contribution in [3.8, 4) is 5.75 Å². The van der Waals surface area contributed by atoms with Crippen molar-refractivity contribution >= 4 is 92.6 Å². The fourth-order valence-electron chi connectivity index (χ4n) is 12.1. The van der Waals surface area contributed by atoms with Gasteiger partial charge in [0.1, 0.15) is 53.1 Å². The van der Waals surface area contributed by atoms with E-state index in [1.54, 1.807) is 60.2 Å². The first-order chi connectivity index (χ1) is 41.5. The van der Waals surface area contributed by atoms with E-state index >= 15 is 9.59 Å². The quantitative estimate of drug-likeness (QED) is 0.0983. The van der Waals surface area contributed by atoms with E-state index in [1.807, 2.05) is 12.1 Å². The maximum absolute atomic E-state index is 15.5. The van der Waals surface area contributed by atoms with Crippen LogP contribution in [0.25, 0.3) is 21.8 Å². The molecule has 1 aliphatic carbocycles. The number of aromatic amines is 2. The number of halogens is 2. The zero-order valence-electron chi connectivity index (χ0n) is 47.8. The average molecular weight is 1220 g/mol. The summed E-state index contributed by atoms with van der Waals surface area (Å²) in [6, 6.07) is 17.0. The van der Waals surface area contributed by atoms with E-state index < -0.39 is 95.3 Å². The number of nitrogens with zero attached hydrogens (tertiary/aromatic N) is 2. The molecular formula is C63H72F2N10O9S2. The Balaban J connectivity index is 0.916. The molecule has 2 saturated heterocycles. The standard InChI is InChI=1S/C63H72F2N10O9S2/c1-37-57(79)72-52(27-38-14-18-44(76)19-15-38)61(83)74-23-7-11-53(74)59(81)66-22-26-86-36-40-10-5-4-9-39(40)35-85-25-6-2-3-13-55(77)69-34-56(78)71-51(28-41-32-67-49-20-16-42(64)29-45(41)49)58(80)73-63(62(84)75-24-8-12-54(75)60(82)70-37)31-48(63)47-33-68-50-21-17-43(65)30-46(47)50/h4-5,9-10,14-21,29-30,32-33,37,48,51-54,67-68,76H,2-3,6-8,11-13,22-28,31,34-36H2,1H3,(H,66,81)(H,69,77)(H,70,82)(H,71,78)(H,72,79)(H,73,80)/t37-,48-,51-,52-,53?,54-,63?/m0/s1. The van der Waals surface area contributed by atoms with Crippen molar-refractivity contribution in [3.63, 3.8) is 0 Å². The van der Waals surface area contributed by atoms with Crippen LogP contribution < -0.4 is 31.9 Å². The number of H-pyrrole nitrogens is 2. The molecular weight excluding hydrogens is 1140 g/mol. The molecule has 1 spiro atoms. The van der Waals surface area contributed by atoms with Crippen molar-refractivity contribution in [2.45, 2.75) is 131 Å². The summed E-state index contributed by atoms with van der Waals surface area (Å²) in [7, 11) is 0. The third kappa shape index (κ3) is 14.5. The monoisotopic (exact) mass is 1210 g/mol. The zero-order chi connectivity index (χ0) is 60.5. The predicted molar refractivity (Wildman–Crippen MR) is 324 cm³/mol. The van der Waals surface area contributed by atoms with Gasteiger partial charge in [-0.25, -0.2) is 8.78 Å².